The summed E-state index contributed by atoms with van der Waals surface area (Å²) in [5.74, 6) is 1.83. The van der Waals surface area contributed by atoms with Crippen LogP contribution in [0.1, 0.15) is 17.5 Å². The lowest BCUT2D eigenvalue weighted by molar-refractivity contribution is -0.116. The summed E-state index contributed by atoms with van der Waals surface area (Å²) in [7, 11) is 3.28. The predicted octanol–water partition coefficient (Wildman–Crippen LogP) is 3.66. The van der Waals surface area contributed by atoms with Crippen molar-refractivity contribution >= 4 is 23.4 Å². The Morgan fingerprint density at radius 2 is 1.93 bits per heavy atom. The number of carbonyl (C=O) groups excluding carboxylic acids is 1. The first-order valence-corrected chi connectivity index (χ1v) is 10.7. The van der Waals surface area contributed by atoms with Crippen LogP contribution in [0.15, 0.2) is 47.9 Å². The highest BCUT2D eigenvalue weighted by molar-refractivity contribution is 7.99. The summed E-state index contributed by atoms with van der Waals surface area (Å²) in [6.07, 6.45) is 3.55. The van der Waals surface area contributed by atoms with E-state index in [9.17, 15) is 4.79 Å². The molecule has 8 heteroatoms. The number of anilines is 1. The fraction of sp³-hybridized carbons (Fsp3) is 0.318. The van der Waals surface area contributed by atoms with Crippen LogP contribution in [0.25, 0.3) is 5.69 Å². The van der Waals surface area contributed by atoms with Crippen molar-refractivity contribution in [3.05, 3.63) is 53.9 Å². The van der Waals surface area contributed by atoms with Gasteiger partial charge in [-0.2, -0.15) is 0 Å². The van der Waals surface area contributed by atoms with E-state index < -0.39 is 0 Å². The maximum absolute atomic E-state index is 13.1. The Labute approximate surface area is 180 Å². The molecule has 1 aliphatic heterocycles. The minimum absolute atomic E-state index is 0.0362. The van der Waals surface area contributed by atoms with Crippen molar-refractivity contribution in [3.8, 4) is 17.2 Å². The van der Waals surface area contributed by atoms with Crippen molar-refractivity contribution in [1.82, 2.24) is 14.8 Å². The summed E-state index contributed by atoms with van der Waals surface area (Å²) >= 11 is 1.38. The Morgan fingerprint density at radius 1 is 1.13 bits per heavy atom. The minimum atomic E-state index is 0.0362. The molecule has 2 aromatic carbocycles. The molecule has 156 valence electrons. The lowest BCUT2D eigenvalue weighted by atomic mass is 9.96. The zero-order valence-electron chi connectivity index (χ0n) is 17.3. The van der Waals surface area contributed by atoms with Gasteiger partial charge in [-0.1, -0.05) is 17.8 Å². The zero-order chi connectivity index (χ0) is 21.1. The summed E-state index contributed by atoms with van der Waals surface area (Å²) in [6, 6.07) is 11.6. The number of benzene rings is 2. The predicted molar refractivity (Wildman–Crippen MR) is 117 cm³/mol. The van der Waals surface area contributed by atoms with Gasteiger partial charge in [-0.05, 0) is 61.2 Å². The smallest absolute Gasteiger partial charge is 0.237 e. The van der Waals surface area contributed by atoms with E-state index in [1.807, 2.05) is 39.8 Å². The van der Waals surface area contributed by atoms with Crippen LogP contribution in [0.2, 0.25) is 0 Å². The Bertz CT molecular complexity index is 1050. The zero-order valence-corrected chi connectivity index (χ0v) is 18.1. The molecule has 1 amide bonds. The van der Waals surface area contributed by atoms with E-state index in [1.54, 1.807) is 20.5 Å². The summed E-state index contributed by atoms with van der Waals surface area (Å²) in [6.45, 7) is 2.77. The molecule has 1 aromatic heterocycles. The van der Waals surface area contributed by atoms with Crippen LogP contribution in [0, 0.1) is 6.92 Å². The molecule has 0 atom stereocenters. The molecule has 1 aliphatic rings. The molecule has 3 aromatic rings. The van der Waals surface area contributed by atoms with Crippen molar-refractivity contribution < 1.29 is 14.3 Å². The first kappa shape index (κ1) is 20.3. The van der Waals surface area contributed by atoms with E-state index in [2.05, 4.69) is 23.2 Å². The summed E-state index contributed by atoms with van der Waals surface area (Å²) in [4.78, 5) is 15.0. The molecule has 0 unspecified atom stereocenters. The second-order valence-corrected chi connectivity index (χ2v) is 7.97. The fourth-order valence-corrected chi connectivity index (χ4v) is 4.52. The number of thioether (sulfide) groups is 1. The van der Waals surface area contributed by atoms with Gasteiger partial charge in [-0.3, -0.25) is 9.36 Å². The van der Waals surface area contributed by atoms with Gasteiger partial charge in [0.15, 0.2) is 5.16 Å². The van der Waals surface area contributed by atoms with Gasteiger partial charge >= 0.3 is 0 Å². The molecule has 7 nitrogen and oxygen atoms in total. The van der Waals surface area contributed by atoms with E-state index >= 15 is 0 Å². The summed E-state index contributed by atoms with van der Waals surface area (Å²) in [5.41, 5.74) is 4.21. The van der Waals surface area contributed by atoms with E-state index in [0.717, 1.165) is 35.7 Å². The van der Waals surface area contributed by atoms with Crippen LogP contribution in [0.4, 0.5) is 5.69 Å². The SMILES string of the molecule is COc1ccc(-n2cnnc2SCC(=O)N2CCCc3c(C)ccc(OC)c32)cc1. The molecular weight excluding hydrogens is 400 g/mol. The molecule has 30 heavy (non-hydrogen) atoms. The average molecular weight is 425 g/mol. The van der Waals surface area contributed by atoms with Gasteiger partial charge in [0.05, 0.1) is 25.7 Å². The minimum Gasteiger partial charge on any atom is -0.497 e. The number of ether oxygens (including phenoxy) is 2. The standard InChI is InChI=1S/C22H24N4O3S/c1-15-6-11-19(29-3)21-18(15)5-4-12-25(21)20(27)13-30-22-24-23-14-26(22)16-7-9-17(28-2)10-8-16/h6-11,14H,4-5,12-13H2,1-3H3. The highest BCUT2D eigenvalue weighted by Gasteiger charge is 2.27. The Kier molecular flexibility index (Phi) is 5.94. The van der Waals surface area contributed by atoms with E-state index in [1.165, 1.54) is 22.9 Å². The van der Waals surface area contributed by atoms with Gasteiger partial charge in [-0.15, -0.1) is 10.2 Å². The van der Waals surface area contributed by atoms with Crippen molar-refractivity contribution in [2.45, 2.75) is 24.9 Å². The third-order valence-corrected chi connectivity index (χ3v) is 6.20. The van der Waals surface area contributed by atoms with E-state index in [4.69, 9.17) is 9.47 Å². The maximum atomic E-state index is 13.1. The number of amides is 1. The number of fused-ring (bicyclic) bond motifs is 1. The van der Waals surface area contributed by atoms with Gasteiger partial charge in [-0.25, -0.2) is 0 Å². The molecule has 0 N–H and O–H groups in total. The van der Waals surface area contributed by atoms with Gasteiger partial charge < -0.3 is 14.4 Å². The molecular formula is C22H24N4O3S. The maximum Gasteiger partial charge on any atom is 0.237 e. The van der Waals surface area contributed by atoms with Gasteiger partial charge in [0.25, 0.3) is 0 Å². The molecule has 0 bridgehead atoms. The second-order valence-electron chi connectivity index (χ2n) is 7.03. The van der Waals surface area contributed by atoms with Crippen LogP contribution < -0.4 is 14.4 Å². The molecule has 0 spiro atoms. The monoisotopic (exact) mass is 424 g/mol. The molecule has 0 fully saturated rings. The van der Waals surface area contributed by atoms with E-state index in [0.29, 0.717) is 11.7 Å². The highest BCUT2D eigenvalue weighted by atomic mass is 32.2. The number of aromatic nitrogens is 3. The number of hydrogen-bond donors (Lipinski definition) is 0. The lowest BCUT2D eigenvalue weighted by Crippen LogP contribution is -2.37. The summed E-state index contributed by atoms with van der Waals surface area (Å²) < 4.78 is 12.6. The second kappa shape index (κ2) is 8.79. The Morgan fingerprint density at radius 3 is 2.67 bits per heavy atom. The normalized spacial score (nSPS) is 13.1. The van der Waals surface area contributed by atoms with Crippen molar-refractivity contribution in [2.24, 2.45) is 0 Å². The molecule has 0 radical (unpaired) electrons. The topological polar surface area (TPSA) is 69.5 Å². The van der Waals surface area contributed by atoms with Crippen LogP contribution in [-0.4, -0.2) is 47.2 Å². The first-order valence-electron chi connectivity index (χ1n) is 9.76. The largest absolute Gasteiger partial charge is 0.497 e. The Hall–Kier alpha value is -3.00. The highest BCUT2D eigenvalue weighted by Crippen LogP contribution is 2.38. The van der Waals surface area contributed by atoms with E-state index in [-0.39, 0.29) is 11.7 Å². The van der Waals surface area contributed by atoms with Gasteiger partial charge in [0, 0.05) is 12.2 Å². The Balaban J connectivity index is 1.52. The van der Waals surface area contributed by atoms with Crippen molar-refractivity contribution in [1.29, 1.82) is 0 Å². The number of hydrogen-bond acceptors (Lipinski definition) is 6. The number of aryl methyl sites for hydroxylation is 1. The number of rotatable bonds is 6. The lowest BCUT2D eigenvalue weighted by Gasteiger charge is -2.32. The molecule has 0 saturated heterocycles. The van der Waals surface area contributed by atoms with Crippen molar-refractivity contribution in [2.75, 3.05) is 31.4 Å². The average Bonchev–Trinajstić information content (AvgIpc) is 3.26. The third-order valence-electron chi connectivity index (χ3n) is 5.27. The fourth-order valence-electron chi connectivity index (χ4n) is 3.71. The van der Waals surface area contributed by atoms with Crippen LogP contribution in [0.3, 0.4) is 0 Å². The number of nitrogens with zero attached hydrogens (tertiary/aromatic N) is 4. The van der Waals surface area contributed by atoms with Crippen LogP contribution in [-0.2, 0) is 11.2 Å². The van der Waals surface area contributed by atoms with Crippen molar-refractivity contribution in [3.63, 3.8) is 0 Å². The number of methoxy groups -OCH3 is 2. The third kappa shape index (κ3) is 3.87. The first-order chi connectivity index (χ1) is 14.6. The molecule has 0 saturated carbocycles. The number of carbonyl (C=O) groups is 1. The van der Waals surface area contributed by atoms with Gasteiger partial charge in [0.1, 0.15) is 17.8 Å². The molecule has 0 aliphatic carbocycles. The summed E-state index contributed by atoms with van der Waals surface area (Å²) in [5, 5.41) is 8.88. The molecule has 4 rings (SSSR count). The quantitative estimate of drug-likeness (QED) is 0.563. The molecule has 2 heterocycles. The van der Waals surface area contributed by atoms with Crippen LogP contribution >= 0.6 is 11.8 Å². The van der Waals surface area contributed by atoms with Crippen LogP contribution in [0.5, 0.6) is 11.5 Å². The van der Waals surface area contributed by atoms with Gasteiger partial charge in [0.2, 0.25) is 5.91 Å².